The molecule has 88 valence electrons. The molecular weight excluding hydrogens is 182 g/mol. The van der Waals surface area contributed by atoms with Gasteiger partial charge in [-0.15, -0.1) is 0 Å². The number of nitrogens with one attached hydrogen (secondary N) is 1. The van der Waals surface area contributed by atoms with E-state index < -0.39 is 0 Å². The van der Waals surface area contributed by atoms with Crippen molar-refractivity contribution >= 4 is 0 Å². The van der Waals surface area contributed by atoms with E-state index >= 15 is 0 Å². The van der Waals surface area contributed by atoms with E-state index in [1.54, 1.807) is 0 Å². The summed E-state index contributed by atoms with van der Waals surface area (Å²) in [6.07, 6.45) is 16.3. The molecule has 1 saturated carbocycles. The zero-order valence-corrected chi connectivity index (χ0v) is 10.1. The molecule has 0 amide bonds. The molecule has 0 unspecified atom stereocenters. The molecule has 0 radical (unpaired) electrons. The lowest BCUT2D eigenvalue weighted by Crippen LogP contribution is -2.35. The fraction of sp³-hybridized carbons (Fsp3) is 1.00. The predicted octanol–water partition coefficient (Wildman–Crippen LogP) is 3.88. The van der Waals surface area contributed by atoms with Gasteiger partial charge < -0.3 is 5.32 Å². The zero-order valence-electron chi connectivity index (χ0n) is 10.1. The van der Waals surface area contributed by atoms with Crippen molar-refractivity contribution in [1.29, 1.82) is 0 Å². The molecular formula is C14H27N. The third-order valence-corrected chi connectivity index (χ3v) is 4.25. The van der Waals surface area contributed by atoms with Gasteiger partial charge in [-0.3, -0.25) is 0 Å². The van der Waals surface area contributed by atoms with E-state index in [9.17, 15) is 0 Å². The van der Waals surface area contributed by atoms with Crippen LogP contribution < -0.4 is 5.32 Å². The Balaban J connectivity index is 1.70. The van der Waals surface area contributed by atoms with Crippen LogP contribution in [-0.4, -0.2) is 12.6 Å². The molecule has 15 heavy (non-hydrogen) atoms. The van der Waals surface area contributed by atoms with E-state index in [1.807, 2.05) is 0 Å². The van der Waals surface area contributed by atoms with Crippen molar-refractivity contribution in [2.24, 2.45) is 5.92 Å². The van der Waals surface area contributed by atoms with Gasteiger partial charge >= 0.3 is 0 Å². The van der Waals surface area contributed by atoms with Crippen LogP contribution >= 0.6 is 0 Å². The van der Waals surface area contributed by atoms with Crippen LogP contribution in [0.4, 0.5) is 0 Å². The summed E-state index contributed by atoms with van der Waals surface area (Å²) in [6.45, 7) is 1.28. The first kappa shape index (κ1) is 11.4. The summed E-state index contributed by atoms with van der Waals surface area (Å²) in [7, 11) is 0. The van der Waals surface area contributed by atoms with Crippen LogP contribution in [0.3, 0.4) is 0 Å². The fourth-order valence-corrected chi connectivity index (χ4v) is 3.30. The Hall–Kier alpha value is -0.0400. The van der Waals surface area contributed by atoms with Gasteiger partial charge in [0.2, 0.25) is 0 Å². The molecule has 0 aromatic carbocycles. The van der Waals surface area contributed by atoms with Gasteiger partial charge in [-0.1, -0.05) is 51.4 Å². The minimum atomic E-state index is 0.864. The van der Waals surface area contributed by atoms with Crippen molar-refractivity contribution in [3.63, 3.8) is 0 Å². The molecule has 1 atom stereocenters. The summed E-state index contributed by atoms with van der Waals surface area (Å²) >= 11 is 0. The number of piperidine rings is 1. The molecule has 1 saturated heterocycles. The monoisotopic (exact) mass is 209 g/mol. The largest absolute Gasteiger partial charge is 0.314 e. The minimum absolute atomic E-state index is 0.864. The van der Waals surface area contributed by atoms with Crippen LogP contribution in [0.15, 0.2) is 0 Å². The average molecular weight is 209 g/mol. The second-order valence-electron chi connectivity index (χ2n) is 5.59. The van der Waals surface area contributed by atoms with Crippen molar-refractivity contribution in [2.75, 3.05) is 6.54 Å². The maximum absolute atomic E-state index is 3.70. The maximum Gasteiger partial charge on any atom is 0.00697 e. The van der Waals surface area contributed by atoms with Gasteiger partial charge in [-0.25, -0.2) is 0 Å². The highest BCUT2D eigenvalue weighted by Gasteiger charge is 2.18. The van der Waals surface area contributed by atoms with Gasteiger partial charge in [0.15, 0.2) is 0 Å². The molecule has 0 aromatic rings. The van der Waals surface area contributed by atoms with Gasteiger partial charge in [0.25, 0.3) is 0 Å². The smallest absolute Gasteiger partial charge is 0.00697 e. The second-order valence-corrected chi connectivity index (χ2v) is 5.59. The molecule has 1 heterocycles. The first-order chi connectivity index (χ1) is 7.45. The van der Waals surface area contributed by atoms with Gasteiger partial charge in [0.05, 0.1) is 0 Å². The standard InChI is InChI=1S/C14H27N/c1-2-4-8-13(9-5-3-1)12-14-10-6-7-11-15-14/h13-15H,1-12H2/t14-/m1/s1. The molecule has 1 N–H and O–H groups in total. The summed E-state index contributed by atoms with van der Waals surface area (Å²) in [5.41, 5.74) is 0. The van der Waals surface area contributed by atoms with Gasteiger partial charge in [-0.05, 0) is 31.7 Å². The molecule has 2 aliphatic rings. The first-order valence-electron chi connectivity index (χ1n) is 7.18. The SMILES string of the molecule is C1CCCC(C[C@H]2CCCCN2)CCC1. The van der Waals surface area contributed by atoms with Gasteiger partial charge in [0, 0.05) is 6.04 Å². The minimum Gasteiger partial charge on any atom is -0.314 e. The Morgan fingerprint density at radius 1 is 0.733 bits per heavy atom. The lowest BCUT2D eigenvalue weighted by atomic mass is 9.85. The highest BCUT2D eigenvalue weighted by molar-refractivity contribution is 4.76. The number of hydrogen-bond acceptors (Lipinski definition) is 1. The third kappa shape index (κ3) is 4.14. The highest BCUT2D eigenvalue weighted by atomic mass is 14.9. The second kappa shape index (κ2) is 6.52. The molecule has 1 nitrogen and oxygen atoms in total. The van der Waals surface area contributed by atoms with Crippen molar-refractivity contribution in [3.05, 3.63) is 0 Å². The third-order valence-electron chi connectivity index (χ3n) is 4.25. The Kier molecular flexibility index (Phi) is 4.98. The van der Waals surface area contributed by atoms with Gasteiger partial charge in [-0.2, -0.15) is 0 Å². The quantitative estimate of drug-likeness (QED) is 0.728. The van der Waals surface area contributed by atoms with Gasteiger partial charge in [0.1, 0.15) is 0 Å². The van der Waals surface area contributed by atoms with E-state index in [0.717, 1.165) is 12.0 Å². The van der Waals surface area contributed by atoms with Crippen molar-refractivity contribution < 1.29 is 0 Å². The molecule has 2 fully saturated rings. The summed E-state index contributed by atoms with van der Waals surface area (Å²) in [4.78, 5) is 0. The Morgan fingerprint density at radius 3 is 2.07 bits per heavy atom. The zero-order chi connectivity index (χ0) is 10.3. The summed E-state index contributed by atoms with van der Waals surface area (Å²) in [6, 6.07) is 0.864. The summed E-state index contributed by atoms with van der Waals surface area (Å²) in [5, 5.41) is 3.70. The van der Waals surface area contributed by atoms with E-state index in [1.165, 1.54) is 77.2 Å². The first-order valence-corrected chi connectivity index (χ1v) is 7.18. The highest BCUT2D eigenvalue weighted by Crippen LogP contribution is 2.27. The van der Waals surface area contributed by atoms with Crippen LogP contribution in [0, 0.1) is 5.92 Å². The normalized spacial score (nSPS) is 30.8. The van der Waals surface area contributed by atoms with Crippen LogP contribution in [0.5, 0.6) is 0 Å². The van der Waals surface area contributed by atoms with Crippen LogP contribution in [-0.2, 0) is 0 Å². The maximum atomic E-state index is 3.70. The lowest BCUT2D eigenvalue weighted by Gasteiger charge is -2.28. The Bertz CT molecular complexity index is 153. The molecule has 0 aromatic heterocycles. The predicted molar refractivity (Wildman–Crippen MR) is 66.1 cm³/mol. The summed E-state index contributed by atoms with van der Waals surface area (Å²) in [5.74, 6) is 1.04. The molecule has 0 spiro atoms. The van der Waals surface area contributed by atoms with Crippen LogP contribution in [0.2, 0.25) is 0 Å². The Morgan fingerprint density at radius 2 is 1.40 bits per heavy atom. The Labute approximate surface area is 95.0 Å². The van der Waals surface area contributed by atoms with Crippen LogP contribution in [0.25, 0.3) is 0 Å². The van der Waals surface area contributed by atoms with Crippen molar-refractivity contribution in [2.45, 2.75) is 76.7 Å². The van der Waals surface area contributed by atoms with Crippen LogP contribution in [0.1, 0.15) is 70.6 Å². The van der Waals surface area contributed by atoms with E-state index in [4.69, 9.17) is 0 Å². The fourth-order valence-electron chi connectivity index (χ4n) is 3.30. The topological polar surface area (TPSA) is 12.0 Å². The molecule has 0 bridgehead atoms. The lowest BCUT2D eigenvalue weighted by molar-refractivity contribution is 0.285. The average Bonchev–Trinajstić information content (AvgIpc) is 2.23. The number of rotatable bonds is 2. The van der Waals surface area contributed by atoms with E-state index in [-0.39, 0.29) is 0 Å². The molecule has 1 aliphatic carbocycles. The van der Waals surface area contributed by atoms with E-state index in [2.05, 4.69) is 5.32 Å². The molecule has 1 aliphatic heterocycles. The van der Waals surface area contributed by atoms with Crippen molar-refractivity contribution in [3.8, 4) is 0 Å². The number of hydrogen-bond donors (Lipinski definition) is 1. The molecule has 1 heteroatoms. The van der Waals surface area contributed by atoms with E-state index in [0.29, 0.717) is 0 Å². The van der Waals surface area contributed by atoms with Crippen molar-refractivity contribution in [1.82, 2.24) is 5.32 Å². The molecule has 2 rings (SSSR count). The summed E-state index contributed by atoms with van der Waals surface area (Å²) < 4.78 is 0.